The number of nitrogens with zero attached hydrogens (tertiary/aromatic N) is 2. The molecule has 3 aromatic rings. The van der Waals surface area contributed by atoms with E-state index < -0.39 is 28.5 Å². The number of carbonyl (C=O) groups excluding carboxylic acids is 2. The van der Waals surface area contributed by atoms with Crippen molar-refractivity contribution in [3.8, 4) is 0 Å². The van der Waals surface area contributed by atoms with E-state index in [1.165, 1.54) is 35.2 Å². The predicted octanol–water partition coefficient (Wildman–Crippen LogP) is 6.44. The summed E-state index contributed by atoms with van der Waals surface area (Å²) in [6, 6.07) is 16.0. The van der Waals surface area contributed by atoms with Gasteiger partial charge in [-0.25, -0.2) is 8.42 Å². The number of anilines is 1. The summed E-state index contributed by atoms with van der Waals surface area (Å²) >= 11 is 24.5. The van der Waals surface area contributed by atoms with Crippen molar-refractivity contribution in [2.24, 2.45) is 0 Å². The molecule has 12 heteroatoms. The van der Waals surface area contributed by atoms with Gasteiger partial charge in [-0.15, -0.1) is 0 Å². The fourth-order valence-electron chi connectivity index (χ4n) is 3.93. The van der Waals surface area contributed by atoms with Gasteiger partial charge < -0.3 is 10.2 Å². The van der Waals surface area contributed by atoms with E-state index >= 15 is 0 Å². The summed E-state index contributed by atoms with van der Waals surface area (Å²) in [5, 5.41) is 3.73. The van der Waals surface area contributed by atoms with Gasteiger partial charge in [-0.1, -0.05) is 77.6 Å². The van der Waals surface area contributed by atoms with Gasteiger partial charge in [0.2, 0.25) is 11.8 Å². The van der Waals surface area contributed by atoms with Crippen molar-refractivity contribution in [3.05, 3.63) is 92.4 Å². The van der Waals surface area contributed by atoms with Crippen molar-refractivity contribution in [1.29, 1.82) is 0 Å². The van der Waals surface area contributed by atoms with Crippen LogP contribution in [0.15, 0.2) is 71.6 Å². The molecular weight excluding hydrogens is 604 g/mol. The smallest absolute Gasteiger partial charge is 0.264 e. The maximum Gasteiger partial charge on any atom is 0.264 e. The number of benzene rings is 3. The molecule has 0 saturated carbocycles. The van der Waals surface area contributed by atoms with Crippen molar-refractivity contribution in [1.82, 2.24) is 10.2 Å². The van der Waals surface area contributed by atoms with Crippen LogP contribution < -0.4 is 9.62 Å². The van der Waals surface area contributed by atoms with Crippen LogP contribution in [0.5, 0.6) is 0 Å². The molecule has 0 unspecified atom stereocenters. The Hall–Kier alpha value is -2.49. The lowest BCUT2D eigenvalue weighted by Crippen LogP contribution is -2.52. The predicted molar refractivity (Wildman–Crippen MR) is 157 cm³/mol. The van der Waals surface area contributed by atoms with Crippen LogP contribution in [0.4, 0.5) is 5.69 Å². The van der Waals surface area contributed by atoms with Crippen molar-refractivity contribution in [2.45, 2.75) is 37.8 Å². The lowest BCUT2D eigenvalue weighted by Gasteiger charge is -2.33. The second kappa shape index (κ2) is 13.7. The Labute approximate surface area is 248 Å². The number of sulfonamides is 1. The Bertz CT molecular complexity index is 1440. The Kier molecular flexibility index (Phi) is 10.9. The highest BCUT2D eigenvalue weighted by molar-refractivity contribution is 7.92. The normalized spacial score (nSPS) is 12.1. The van der Waals surface area contributed by atoms with E-state index in [0.717, 1.165) is 4.31 Å². The number of rotatable bonds is 11. The second-order valence-electron chi connectivity index (χ2n) is 8.51. The summed E-state index contributed by atoms with van der Waals surface area (Å²) in [5.41, 5.74) is 0.759. The highest BCUT2D eigenvalue weighted by Crippen LogP contribution is 2.31. The molecule has 0 aromatic heterocycles. The molecule has 3 aromatic carbocycles. The number of hydrogen-bond donors (Lipinski definition) is 1. The monoisotopic (exact) mass is 629 g/mol. The molecule has 0 fully saturated rings. The first-order chi connectivity index (χ1) is 18.5. The fraction of sp³-hybridized carbons (Fsp3) is 0.259. The minimum absolute atomic E-state index is 0.00797. The number of halogens is 4. The van der Waals surface area contributed by atoms with Gasteiger partial charge in [0.05, 0.1) is 30.7 Å². The molecular formula is C27H27Cl4N3O4S. The number of carbonyl (C=O) groups is 2. The first-order valence-electron chi connectivity index (χ1n) is 12.0. The molecule has 0 aliphatic carbocycles. The van der Waals surface area contributed by atoms with Gasteiger partial charge in [0.25, 0.3) is 10.0 Å². The van der Waals surface area contributed by atoms with E-state index in [0.29, 0.717) is 17.1 Å². The van der Waals surface area contributed by atoms with E-state index in [2.05, 4.69) is 5.32 Å². The van der Waals surface area contributed by atoms with E-state index in [1.54, 1.807) is 50.2 Å². The maximum atomic E-state index is 13.9. The number of nitrogens with one attached hydrogen (secondary N) is 1. The number of hydrogen-bond acceptors (Lipinski definition) is 4. The van der Waals surface area contributed by atoms with E-state index in [1.807, 2.05) is 0 Å². The third-order valence-corrected chi connectivity index (χ3v) is 9.14. The average Bonchev–Trinajstić information content (AvgIpc) is 2.91. The quantitative estimate of drug-likeness (QED) is 0.264. The van der Waals surface area contributed by atoms with Gasteiger partial charge >= 0.3 is 0 Å². The van der Waals surface area contributed by atoms with Crippen molar-refractivity contribution in [3.63, 3.8) is 0 Å². The van der Waals surface area contributed by atoms with Crippen LogP contribution in [0.2, 0.25) is 20.1 Å². The van der Waals surface area contributed by atoms with Crippen molar-refractivity contribution < 1.29 is 18.0 Å². The second-order valence-corrected chi connectivity index (χ2v) is 12.0. The van der Waals surface area contributed by atoms with E-state index in [4.69, 9.17) is 46.4 Å². The zero-order chi connectivity index (χ0) is 28.7. The highest BCUT2D eigenvalue weighted by atomic mass is 35.5. The molecule has 2 amide bonds. The Morgan fingerprint density at radius 1 is 0.846 bits per heavy atom. The van der Waals surface area contributed by atoms with Crippen LogP contribution in [0.3, 0.4) is 0 Å². The van der Waals surface area contributed by atoms with E-state index in [9.17, 15) is 18.0 Å². The molecule has 0 saturated heterocycles. The van der Waals surface area contributed by atoms with Crippen LogP contribution in [0.25, 0.3) is 0 Å². The first-order valence-corrected chi connectivity index (χ1v) is 15.0. The SMILES string of the molecule is CCNC(=O)[C@@H](CC)N(Cc1ccc(Cl)c(Cl)c1)C(=O)CN(c1ccc(Cl)c(Cl)c1)S(=O)(=O)c1ccccc1. The van der Waals surface area contributed by atoms with Crippen LogP contribution in [0.1, 0.15) is 25.8 Å². The molecule has 208 valence electrons. The lowest BCUT2D eigenvalue weighted by atomic mass is 10.1. The van der Waals surface area contributed by atoms with Gasteiger partial charge in [-0.3, -0.25) is 13.9 Å². The van der Waals surface area contributed by atoms with Gasteiger partial charge in [0.1, 0.15) is 12.6 Å². The Balaban J connectivity index is 2.08. The summed E-state index contributed by atoms with van der Waals surface area (Å²) in [5.74, 6) is -0.967. The largest absolute Gasteiger partial charge is 0.355 e. The van der Waals surface area contributed by atoms with Gasteiger partial charge in [-0.05, 0) is 61.4 Å². The minimum atomic E-state index is -4.22. The summed E-state index contributed by atoms with van der Waals surface area (Å²) in [6.07, 6.45) is 0.289. The Morgan fingerprint density at radius 2 is 1.46 bits per heavy atom. The summed E-state index contributed by atoms with van der Waals surface area (Å²) < 4.78 is 28.5. The first kappa shape index (κ1) is 31.0. The highest BCUT2D eigenvalue weighted by Gasteiger charge is 2.33. The van der Waals surface area contributed by atoms with Crippen LogP contribution >= 0.6 is 46.4 Å². The average molecular weight is 631 g/mol. The summed E-state index contributed by atoms with van der Waals surface area (Å²) in [7, 11) is -4.22. The molecule has 0 aliphatic heterocycles. The molecule has 0 aliphatic rings. The van der Waals surface area contributed by atoms with Gasteiger partial charge in [-0.2, -0.15) is 0 Å². The number of amides is 2. The third-order valence-electron chi connectivity index (χ3n) is 5.88. The molecule has 0 bridgehead atoms. The molecule has 39 heavy (non-hydrogen) atoms. The van der Waals surface area contributed by atoms with Crippen molar-refractivity contribution in [2.75, 3.05) is 17.4 Å². The summed E-state index contributed by atoms with van der Waals surface area (Å²) in [4.78, 5) is 28.2. The maximum absolute atomic E-state index is 13.9. The van der Waals surface area contributed by atoms with Gasteiger partial charge in [0.15, 0.2) is 0 Å². The molecule has 0 radical (unpaired) electrons. The van der Waals surface area contributed by atoms with Gasteiger partial charge in [0, 0.05) is 13.1 Å². The standard InChI is InChI=1S/C27H27Cl4N3O4S/c1-3-25(27(36)32-4-2)33(16-18-10-12-21(28)23(30)14-18)26(35)17-34(19-11-13-22(29)24(31)15-19)39(37,38)20-8-6-5-7-9-20/h5-15,25H,3-4,16-17H2,1-2H3,(H,32,36)/t25-/m1/s1. The lowest BCUT2D eigenvalue weighted by molar-refractivity contribution is -0.140. The minimum Gasteiger partial charge on any atom is -0.355 e. The molecule has 7 nitrogen and oxygen atoms in total. The summed E-state index contributed by atoms with van der Waals surface area (Å²) in [6.45, 7) is 3.29. The zero-order valence-electron chi connectivity index (χ0n) is 21.2. The number of likely N-dealkylation sites (N-methyl/N-ethyl adjacent to an activating group) is 1. The fourth-order valence-corrected chi connectivity index (χ4v) is 5.97. The molecule has 0 spiro atoms. The molecule has 3 rings (SSSR count). The molecule has 1 atom stereocenters. The van der Waals surface area contributed by atoms with Crippen LogP contribution in [0, 0.1) is 0 Å². The molecule has 1 N–H and O–H groups in total. The third kappa shape index (κ3) is 7.58. The Morgan fingerprint density at radius 3 is 2.03 bits per heavy atom. The van der Waals surface area contributed by atoms with Crippen molar-refractivity contribution >= 4 is 73.9 Å². The van der Waals surface area contributed by atoms with Crippen LogP contribution in [-0.4, -0.2) is 44.3 Å². The van der Waals surface area contributed by atoms with Crippen LogP contribution in [-0.2, 0) is 26.2 Å². The molecule has 0 heterocycles. The van der Waals surface area contributed by atoms with E-state index in [-0.39, 0.29) is 44.5 Å². The topological polar surface area (TPSA) is 86.8 Å². The zero-order valence-corrected chi connectivity index (χ0v) is 25.0.